The average Bonchev–Trinajstić information content (AvgIpc) is 3.04. The van der Waals surface area contributed by atoms with Crippen molar-refractivity contribution in [2.75, 3.05) is 0 Å². The van der Waals surface area contributed by atoms with Crippen molar-refractivity contribution in [3.63, 3.8) is 0 Å². The molecule has 0 aliphatic rings. The summed E-state index contributed by atoms with van der Waals surface area (Å²) in [5.74, 6) is 0.141. The van der Waals surface area contributed by atoms with Gasteiger partial charge in [0.1, 0.15) is 5.82 Å². The van der Waals surface area contributed by atoms with Gasteiger partial charge in [-0.15, -0.1) is 5.10 Å². The maximum absolute atomic E-state index is 12.9. The molecule has 1 N–H and O–H groups in total. The van der Waals surface area contributed by atoms with E-state index in [9.17, 15) is 9.18 Å². The van der Waals surface area contributed by atoms with Crippen molar-refractivity contribution < 1.29 is 9.18 Å². The van der Waals surface area contributed by atoms with Gasteiger partial charge in [0.2, 0.25) is 5.16 Å². The van der Waals surface area contributed by atoms with Crippen LogP contribution in [-0.4, -0.2) is 26.2 Å². The number of hydrogen-bond donors (Lipinski definition) is 1. The number of aromatic amines is 1. The number of Topliss-reactive ketones (excluding diaryl/α,β-unsaturated/α-hetero) is 1. The molecule has 0 fully saturated rings. The van der Waals surface area contributed by atoms with Gasteiger partial charge in [-0.05, 0) is 55.5 Å². The van der Waals surface area contributed by atoms with Crippen LogP contribution in [0.15, 0.2) is 53.7 Å². The van der Waals surface area contributed by atoms with Crippen LogP contribution >= 0.6 is 23.4 Å². The fourth-order valence-electron chi connectivity index (χ4n) is 2.10. The van der Waals surface area contributed by atoms with Gasteiger partial charge in [-0.3, -0.25) is 9.89 Å². The maximum Gasteiger partial charge on any atom is 0.209 e. The van der Waals surface area contributed by atoms with E-state index in [0.29, 0.717) is 21.6 Å². The van der Waals surface area contributed by atoms with E-state index in [4.69, 9.17) is 11.6 Å². The third-order valence-electron chi connectivity index (χ3n) is 3.36. The number of H-pyrrole nitrogens is 1. The first kappa shape index (κ1) is 16.7. The van der Waals surface area contributed by atoms with E-state index in [-0.39, 0.29) is 16.9 Å². The van der Waals surface area contributed by atoms with Crippen molar-refractivity contribution >= 4 is 29.1 Å². The predicted molar refractivity (Wildman–Crippen MR) is 92.9 cm³/mol. The highest BCUT2D eigenvalue weighted by Crippen LogP contribution is 2.25. The molecule has 0 saturated carbocycles. The number of thioether (sulfide) groups is 1. The first-order valence-electron chi connectivity index (χ1n) is 7.18. The number of hydrogen-bond acceptors (Lipinski definition) is 4. The number of carbonyl (C=O) groups excluding carboxylic acids is 1. The maximum atomic E-state index is 12.9. The molecule has 0 radical (unpaired) electrons. The summed E-state index contributed by atoms with van der Waals surface area (Å²) in [4.78, 5) is 16.7. The Hall–Kier alpha value is -2.18. The second-order valence-electron chi connectivity index (χ2n) is 5.10. The molecule has 4 nitrogen and oxygen atoms in total. The van der Waals surface area contributed by atoms with Crippen molar-refractivity contribution in [1.82, 2.24) is 15.2 Å². The summed E-state index contributed by atoms with van der Waals surface area (Å²) in [5.41, 5.74) is 1.32. The standard InChI is InChI=1S/C17H13ClFN3OS/c1-10(15(23)11-4-8-14(19)9-5-11)24-17-20-16(21-22-17)12-2-6-13(18)7-3-12/h2-10H,1H3,(H,20,21,22). The van der Waals surface area contributed by atoms with E-state index >= 15 is 0 Å². The molecule has 1 heterocycles. The molecular formula is C17H13ClFN3OS. The second kappa shape index (κ2) is 7.15. The molecule has 3 aromatic rings. The lowest BCUT2D eigenvalue weighted by Crippen LogP contribution is -2.13. The zero-order valence-corrected chi connectivity index (χ0v) is 14.2. The second-order valence-corrected chi connectivity index (χ2v) is 6.85. The molecule has 1 unspecified atom stereocenters. The molecule has 122 valence electrons. The molecule has 0 spiro atoms. The lowest BCUT2D eigenvalue weighted by atomic mass is 10.1. The molecule has 1 aromatic heterocycles. The van der Waals surface area contributed by atoms with Crippen molar-refractivity contribution in [3.8, 4) is 11.4 Å². The molecule has 7 heteroatoms. The SMILES string of the molecule is CC(Sc1n[nH]c(-c2ccc(Cl)cc2)n1)C(=O)c1ccc(F)cc1. The van der Waals surface area contributed by atoms with Crippen LogP contribution in [0.5, 0.6) is 0 Å². The van der Waals surface area contributed by atoms with Crippen LogP contribution in [0.25, 0.3) is 11.4 Å². The number of ketones is 1. The monoisotopic (exact) mass is 361 g/mol. The fourth-order valence-corrected chi connectivity index (χ4v) is 3.02. The summed E-state index contributed by atoms with van der Waals surface area (Å²) in [6, 6.07) is 12.7. The van der Waals surface area contributed by atoms with E-state index in [1.54, 1.807) is 19.1 Å². The highest BCUT2D eigenvalue weighted by molar-refractivity contribution is 8.00. The highest BCUT2D eigenvalue weighted by atomic mass is 35.5. The van der Waals surface area contributed by atoms with E-state index in [1.807, 2.05) is 12.1 Å². The molecule has 0 bridgehead atoms. The van der Waals surface area contributed by atoms with Crippen molar-refractivity contribution in [1.29, 1.82) is 0 Å². The van der Waals surface area contributed by atoms with Gasteiger partial charge < -0.3 is 0 Å². The van der Waals surface area contributed by atoms with Crippen molar-refractivity contribution in [3.05, 3.63) is 64.9 Å². The first-order chi connectivity index (χ1) is 11.5. The minimum atomic E-state index is -0.385. The zero-order valence-electron chi connectivity index (χ0n) is 12.7. The van der Waals surface area contributed by atoms with Crippen LogP contribution in [0.3, 0.4) is 0 Å². The Morgan fingerprint density at radius 3 is 2.50 bits per heavy atom. The minimum absolute atomic E-state index is 0.0992. The van der Waals surface area contributed by atoms with Crippen LogP contribution in [0.4, 0.5) is 4.39 Å². The third kappa shape index (κ3) is 3.83. The Labute approximate surface area is 147 Å². The van der Waals surface area contributed by atoms with E-state index in [1.165, 1.54) is 36.0 Å². The number of benzene rings is 2. The molecule has 2 aromatic carbocycles. The summed E-state index contributed by atoms with van der Waals surface area (Å²) in [5, 5.41) is 7.71. The smallest absolute Gasteiger partial charge is 0.209 e. The fraction of sp³-hybridized carbons (Fsp3) is 0.118. The molecule has 1 atom stereocenters. The van der Waals surface area contributed by atoms with Crippen molar-refractivity contribution in [2.24, 2.45) is 0 Å². The Morgan fingerprint density at radius 2 is 1.83 bits per heavy atom. The lowest BCUT2D eigenvalue weighted by Gasteiger charge is -2.07. The van der Waals surface area contributed by atoms with E-state index < -0.39 is 0 Å². The molecule has 0 aliphatic heterocycles. The summed E-state index contributed by atoms with van der Waals surface area (Å²) < 4.78 is 12.9. The van der Waals surface area contributed by atoms with Crippen LogP contribution < -0.4 is 0 Å². The number of nitrogens with zero attached hydrogens (tertiary/aromatic N) is 2. The van der Waals surface area contributed by atoms with Gasteiger partial charge in [0, 0.05) is 16.1 Å². The first-order valence-corrected chi connectivity index (χ1v) is 8.43. The molecule has 0 saturated heterocycles. The minimum Gasteiger partial charge on any atom is -0.293 e. The van der Waals surface area contributed by atoms with Gasteiger partial charge in [-0.1, -0.05) is 23.4 Å². The summed E-state index contributed by atoms with van der Waals surface area (Å²) in [7, 11) is 0. The van der Waals surface area contributed by atoms with Crippen LogP contribution in [0.2, 0.25) is 5.02 Å². The van der Waals surface area contributed by atoms with E-state index in [2.05, 4.69) is 15.2 Å². The number of nitrogens with one attached hydrogen (secondary N) is 1. The van der Waals surface area contributed by atoms with Gasteiger partial charge in [0.15, 0.2) is 11.6 Å². The molecule has 3 rings (SSSR count). The average molecular weight is 362 g/mol. The molecule has 24 heavy (non-hydrogen) atoms. The molecular weight excluding hydrogens is 349 g/mol. The normalized spacial score (nSPS) is 12.1. The summed E-state index contributed by atoms with van der Waals surface area (Å²) in [6.07, 6.45) is 0. The Balaban J connectivity index is 1.70. The quantitative estimate of drug-likeness (QED) is 0.531. The molecule has 0 aliphatic carbocycles. The lowest BCUT2D eigenvalue weighted by molar-refractivity contribution is 0.0994. The Kier molecular flexibility index (Phi) is 4.97. The van der Waals surface area contributed by atoms with Gasteiger partial charge in [0.25, 0.3) is 0 Å². The van der Waals surface area contributed by atoms with Gasteiger partial charge >= 0.3 is 0 Å². The van der Waals surface area contributed by atoms with Crippen LogP contribution in [-0.2, 0) is 0 Å². The Morgan fingerprint density at radius 1 is 1.17 bits per heavy atom. The van der Waals surface area contributed by atoms with E-state index in [0.717, 1.165) is 5.56 Å². The predicted octanol–water partition coefficient (Wildman–Crippen LogP) is 4.63. The zero-order chi connectivity index (χ0) is 17.1. The van der Waals surface area contributed by atoms with Gasteiger partial charge in [0.05, 0.1) is 5.25 Å². The van der Waals surface area contributed by atoms with Gasteiger partial charge in [-0.25, -0.2) is 9.37 Å². The van der Waals surface area contributed by atoms with Crippen molar-refractivity contribution in [2.45, 2.75) is 17.3 Å². The number of aromatic nitrogens is 3. The topological polar surface area (TPSA) is 58.6 Å². The summed E-state index contributed by atoms with van der Waals surface area (Å²) in [6.45, 7) is 1.77. The highest BCUT2D eigenvalue weighted by Gasteiger charge is 2.19. The Bertz CT molecular complexity index is 849. The largest absolute Gasteiger partial charge is 0.293 e. The number of halogens is 2. The van der Waals surface area contributed by atoms with Crippen LogP contribution in [0, 0.1) is 5.82 Å². The van der Waals surface area contributed by atoms with Crippen LogP contribution in [0.1, 0.15) is 17.3 Å². The summed E-state index contributed by atoms with van der Waals surface area (Å²) >= 11 is 7.11. The molecule has 0 amide bonds. The number of carbonyl (C=O) groups is 1. The number of rotatable bonds is 5. The van der Waals surface area contributed by atoms with Gasteiger partial charge in [-0.2, -0.15) is 0 Å². The third-order valence-corrected chi connectivity index (χ3v) is 4.58.